The van der Waals surface area contributed by atoms with Crippen molar-refractivity contribution in [2.45, 2.75) is 12.8 Å². The Morgan fingerprint density at radius 1 is 0.720 bits per heavy atom. The molecule has 3 nitrogen and oxygen atoms in total. The molecule has 0 unspecified atom stereocenters. The summed E-state index contributed by atoms with van der Waals surface area (Å²) in [7, 11) is -3.28. The van der Waals surface area contributed by atoms with E-state index in [2.05, 4.69) is 11.2 Å². The average Bonchev–Trinajstić information content (AvgIpc) is 3.11. The zero-order valence-electron chi connectivity index (χ0n) is 13.7. The zero-order chi connectivity index (χ0) is 17.1. The van der Waals surface area contributed by atoms with Crippen molar-refractivity contribution >= 4 is 23.7 Å². The van der Waals surface area contributed by atoms with Crippen LogP contribution in [-0.4, -0.2) is 5.71 Å². The minimum Gasteiger partial charge on any atom is -0.330 e. The molecule has 1 aliphatic carbocycles. The van der Waals surface area contributed by atoms with E-state index in [0.717, 1.165) is 24.1 Å². The van der Waals surface area contributed by atoms with Gasteiger partial charge in [0.05, 0.1) is 16.3 Å². The molecule has 0 spiro atoms. The minimum atomic E-state index is -3.28. The second-order valence-corrected chi connectivity index (χ2v) is 8.30. The number of rotatable bonds is 4. The molecule has 4 rings (SSSR count). The molecule has 0 aromatic heterocycles. The first-order valence-corrected chi connectivity index (χ1v) is 9.95. The molecule has 0 saturated carbocycles. The predicted octanol–water partition coefficient (Wildman–Crippen LogP) is 4.28. The van der Waals surface area contributed by atoms with Gasteiger partial charge in [-0.3, -0.25) is 4.57 Å². The Morgan fingerprint density at radius 2 is 1.28 bits per heavy atom. The van der Waals surface area contributed by atoms with Gasteiger partial charge in [0.2, 0.25) is 0 Å². The smallest absolute Gasteiger partial charge is 0.330 e. The maximum atomic E-state index is 13.8. The SMILES string of the molecule is O=P(O/N=C1\CCc2ccccc21)(c1ccccc1)c1ccccc1. The molecule has 124 valence electrons. The van der Waals surface area contributed by atoms with Crippen LogP contribution in [0, 0.1) is 0 Å². The summed E-state index contributed by atoms with van der Waals surface area (Å²) in [6.07, 6.45) is 1.75. The van der Waals surface area contributed by atoms with Crippen LogP contribution < -0.4 is 10.6 Å². The highest BCUT2D eigenvalue weighted by molar-refractivity contribution is 7.74. The van der Waals surface area contributed by atoms with Crippen molar-refractivity contribution in [3.63, 3.8) is 0 Å². The normalized spacial score (nSPS) is 15.1. The van der Waals surface area contributed by atoms with Crippen molar-refractivity contribution < 1.29 is 9.19 Å². The summed E-state index contributed by atoms with van der Waals surface area (Å²) in [5.74, 6) is 0. The largest absolute Gasteiger partial charge is 0.330 e. The molecule has 0 fully saturated rings. The van der Waals surface area contributed by atoms with Crippen molar-refractivity contribution in [1.82, 2.24) is 0 Å². The fraction of sp³-hybridized carbons (Fsp3) is 0.0952. The van der Waals surface area contributed by atoms with Gasteiger partial charge in [-0.15, -0.1) is 0 Å². The third-order valence-corrected chi connectivity index (χ3v) is 6.69. The predicted molar refractivity (Wildman–Crippen MR) is 102 cm³/mol. The monoisotopic (exact) mass is 347 g/mol. The molecular formula is C21H18NO2P. The van der Waals surface area contributed by atoms with Crippen LogP contribution >= 0.6 is 7.37 Å². The van der Waals surface area contributed by atoms with Crippen molar-refractivity contribution in [2.75, 3.05) is 0 Å². The van der Waals surface area contributed by atoms with Gasteiger partial charge in [-0.25, -0.2) is 0 Å². The molecule has 0 bridgehead atoms. The van der Waals surface area contributed by atoms with Gasteiger partial charge >= 0.3 is 7.37 Å². The van der Waals surface area contributed by atoms with E-state index < -0.39 is 7.37 Å². The highest BCUT2D eigenvalue weighted by Gasteiger charge is 2.30. The molecule has 3 aromatic carbocycles. The van der Waals surface area contributed by atoms with E-state index in [-0.39, 0.29) is 0 Å². The van der Waals surface area contributed by atoms with Crippen LogP contribution in [0.2, 0.25) is 0 Å². The molecule has 0 radical (unpaired) electrons. The Balaban J connectivity index is 1.74. The molecule has 0 atom stereocenters. The minimum absolute atomic E-state index is 0.650. The maximum absolute atomic E-state index is 13.8. The average molecular weight is 347 g/mol. The van der Waals surface area contributed by atoms with Gasteiger partial charge in [-0.05, 0) is 42.7 Å². The summed E-state index contributed by atoms with van der Waals surface area (Å²) >= 11 is 0. The molecule has 0 aliphatic heterocycles. The van der Waals surface area contributed by atoms with E-state index in [1.54, 1.807) is 0 Å². The van der Waals surface area contributed by atoms with Gasteiger partial charge in [0, 0.05) is 5.56 Å². The molecule has 1 aliphatic rings. The highest BCUT2D eigenvalue weighted by Crippen LogP contribution is 2.45. The van der Waals surface area contributed by atoms with Crippen LogP contribution in [0.15, 0.2) is 90.1 Å². The standard InChI is InChI=1S/C21H18NO2P/c23-25(18-10-3-1-4-11-18,19-12-5-2-6-13-19)24-22-21-16-15-17-9-7-8-14-20(17)21/h1-14H,15-16H2/b22-21+. The molecule has 25 heavy (non-hydrogen) atoms. The Labute approximate surface area is 147 Å². The maximum Gasteiger partial charge on any atom is 0.330 e. The van der Waals surface area contributed by atoms with E-state index >= 15 is 0 Å². The molecule has 0 saturated heterocycles. The summed E-state index contributed by atoms with van der Waals surface area (Å²) < 4.78 is 19.5. The molecule has 3 aromatic rings. The number of hydrogen-bond donors (Lipinski definition) is 0. The molecule has 0 amide bonds. The van der Waals surface area contributed by atoms with Gasteiger partial charge in [0.1, 0.15) is 0 Å². The van der Waals surface area contributed by atoms with E-state index in [0.29, 0.717) is 10.6 Å². The Bertz CT molecular complexity index is 908. The Kier molecular flexibility index (Phi) is 4.25. The number of aryl methyl sites for hydroxylation is 1. The number of hydrogen-bond acceptors (Lipinski definition) is 3. The first-order valence-electron chi connectivity index (χ1n) is 8.32. The van der Waals surface area contributed by atoms with Crippen molar-refractivity contribution in [2.24, 2.45) is 5.16 Å². The lowest BCUT2D eigenvalue weighted by atomic mass is 10.1. The van der Waals surface area contributed by atoms with Crippen LogP contribution in [0.4, 0.5) is 0 Å². The van der Waals surface area contributed by atoms with Gasteiger partial charge in [-0.2, -0.15) is 0 Å². The number of oxime groups is 1. The topological polar surface area (TPSA) is 38.7 Å². The first-order chi connectivity index (χ1) is 12.3. The Hall–Kier alpha value is -2.64. The van der Waals surface area contributed by atoms with Crippen LogP contribution in [-0.2, 0) is 15.6 Å². The van der Waals surface area contributed by atoms with Crippen molar-refractivity contribution in [3.8, 4) is 0 Å². The van der Waals surface area contributed by atoms with Crippen molar-refractivity contribution in [3.05, 3.63) is 96.1 Å². The van der Waals surface area contributed by atoms with Crippen molar-refractivity contribution in [1.29, 1.82) is 0 Å². The van der Waals surface area contributed by atoms with Gasteiger partial charge in [-0.1, -0.05) is 65.8 Å². The summed E-state index contributed by atoms with van der Waals surface area (Å²) in [4.78, 5) is 0. The van der Waals surface area contributed by atoms with Crippen LogP contribution in [0.1, 0.15) is 17.5 Å². The van der Waals surface area contributed by atoms with Crippen LogP contribution in [0.3, 0.4) is 0 Å². The lowest BCUT2D eigenvalue weighted by molar-refractivity contribution is 0.348. The molecule has 0 heterocycles. The number of fused-ring (bicyclic) bond motifs is 1. The molecule has 0 N–H and O–H groups in total. The third-order valence-electron chi connectivity index (χ3n) is 4.42. The first kappa shape index (κ1) is 15.9. The lowest BCUT2D eigenvalue weighted by Crippen LogP contribution is -2.17. The van der Waals surface area contributed by atoms with E-state index in [1.165, 1.54) is 5.56 Å². The number of benzene rings is 3. The second kappa shape index (κ2) is 6.70. The van der Waals surface area contributed by atoms with E-state index in [4.69, 9.17) is 4.62 Å². The lowest BCUT2D eigenvalue weighted by Gasteiger charge is -2.16. The quantitative estimate of drug-likeness (QED) is 0.522. The fourth-order valence-corrected chi connectivity index (χ4v) is 4.93. The second-order valence-electron chi connectivity index (χ2n) is 6.00. The summed E-state index contributed by atoms with van der Waals surface area (Å²) in [6.45, 7) is 0. The van der Waals surface area contributed by atoms with Crippen LogP contribution in [0.25, 0.3) is 0 Å². The zero-order valence-corrected chi connectivity index (χ0v) is 14.6. The van der Waals surface area contributed by atoms with Gasteiger partial charge in [0.15, 0.2) is 0 Å². The van der Waals surface area contributed by atoms with Gasteiger partial charge < -0.3 is 4.62 Å². The molecular weight excluding hydrogens is 329 g/mol. The summed E-state index contributed by atoms with van der Waals surface area (Å²) in [6, 6.07) is 26.8. The highest BCUT2D eigenvalue weighted by atomic mass is 31.2. The Morgan fingerprint density at radius 3 is 1.92 bits per heavy atom. The van der Waals surface area contributed by atoms with E-state index in [9.17, 15) is 4.57 Å². The fourth-order valence-electron chi connectivity index (χ4n) is 3.10. The third kappa shape index (κ3) is 3.04. The van der Waals surface area contributed by atoms with Gasteiger partial charge in [0.25, 0.3) is 0 Å². The molecule has 4 heteroatoms. The number of nitrogens with zero attached hydrogens (tertiary/aromatic N) is 1. The summed E-state index contributed by atoms with van der Waals surface area (Å²) in [5.41, 5.74) is 3.22. The van der Waals surface area contributed by atoms with Crippen LogP contribution in [0.5, 0.6) is 0 Å². The summed E-state index contributed by atoms with van der Waals surface area (Å²) in [5, 5.41) is 5.64. The van der Waals surface area contributed by atoms with E-state index in [1.807, 2.05) is 78.9 Å².